The molecule has 0 saturated heterocycles. The molecule has 0 amide bonds. The number of hydrogen-bond donors (Lipinski definition) is 3. The Balaban J connectivity index is 2.76. The minimum atomic E-state index is -0.719. The van der Waals surface area contributed by atoms with Crippen molar-refractivity contribution in [3.8, 4) is 0 Å². The van der Waals surface area contributed by atoms with Crippen molar-refractivity contribution in [1.82, 2.24) is 0 Å². The van der Waals surface area contributed by atoms with Crippen LogP contribution in [0.4, 0.5) is 0 Å². The molecule has 1 rings (SSSR count). The fraction of sp³-hybridized carbons (Fsp3) is 0.500. The van der Waals surface area contributed by atoms with Crippen molar-refractivity contribution in [1.29, 1.82) is 0 Å². The van der Waals surface area contributed by atoms with Gasteiger partial charge in [0.25, 0.3) is 0 Å². The predicted octanol–water partition coefficient (Wildman–Crippen LogP) is 1.81. The summed E-state index contributed by atoms with van der Waals surface area (Å²) in [6.07, 6.45) is -0.719. The van der Waals surface area contributed by atoms with Crippen LogP contribution in [0.3, 0.4) is 0 Å². The zero-order valence-corrected chi connectivity index (χ0v) is 11.3. The number of aliphatic hydroxyl groups is 2. The lowest BCUT2D eigenvalue weighted by molar-refractivity contribution is 0.113. The van der Waals surface area contributed by atoms with E-state index < -0.39 is 6.10 Å². The molecule has 17 heavy (non-hydrogen) atoms. The van der Waals surface area contributed by atoms with E-state index in [1.165, 1.54) is 11.8 Å². The van der Waals surface area contributed by atoms with Crippen LogP contribution in [-0.4, -0.2) is 34.7 Å². The monoisotopic (exact) mass is 275 g/mol. The van der Waals surface area contributed by atoms with Crippen molar-refractivity contribution in [3.63, 3.8) is 0 Å². The second-order valence-corrected chi connectivity index (χ2v) is 5.55. The highest BCUT2D eigenvalue weighted by Crippen LogP contribution is 2.35. The van der Waals surface area contributed by atoms with E-state index in [9.17, 15) is 5.11 Å². The standard InChI is InChI=1S/C12H18ClNO2S/c1-8(14)12(17-7-9(16)6-15)10-4-2-3-5-11(10)13/h2-5,8-9,12,15-16H,6-7,14H2,1H3. The Labute approximate surface area is 111 Å². The molecule has 1 aromatic rings. The first-order valence-corrected chi connectivity index (χ1v) is 6.89. The van der Waals surface area contributed by atoms with E-state index in [4.69, 9.17) is 22.4 Å². The molecule has 5 heteroatoms. The highest BCUT2D eigenvalue weighted by Gasteiger charge is 2.20. The third-order valence-electron chi connectivity index (χ3n) is 2.37. The van der Waals surface area contributed by atoms with Crippen LogP contribution in [0.2, 0.25) is 5.02 Å². The number of aliphatic hydroxyl groups excluding tert-OH is 2. The summed E-state index contributed by atoms with van der Waals surface area (Å²) in [7, 11) is 0. The largest absolute Gasteiger partial charge is 0.394 e. The maximum Gasteiger partial charge on any atom is 0.0861 e. The Bertz CT molecular complexity index is 349. The average molecular weight is 276 g/mol. The van der Waals surface area contributed by atoms with Gasteiger partial charge in [-0.2, -0.15) is 0 Å². The van der Waals surface area contributed by atoms with Gasteiger partial charge in [-0.05, 0) is 18.6 Å². The fourth-order valence-corrected chi connectivity index (χ4v) is 3.04. The van der Waals surface area contributed by atoms with Gasteiger partial charge in [-0.15, -0.1) is 11.8 Å². The highest BCUT2D eigenvalue weighted by atomic mass is 35.5. The van der Waals surface area contributed by atoms with Gasteiger partial charge in [0.05, 0.1) is 12.7 Å². The van der Waals surface area contributed by atoms with Gasteiger partial charge in [0, 0.05) is 22.1 Å². The number of halogens is 1. The van der Waals surface area contributed by atoms with Gasteiger partial charge in [0.2, 0.25) is 0 Å². The molecule has 0 radical (unpaired) electrons. The molecule has 0 aliphatic carbocycles. The van der Waals surface area contributed by atoms with Gasteiger partial charge in [0.15, 0.2) is 0 Å². The van der Waals surface area contributed by atoms with Gasteiger partial charge >= 0.3 is 0 Å². The molecule has 0 heterocycles. The summed E-state index contributed by atoms with van der Waals surface area (Å²) >= 11 is 7.64. The number of benzene rings is 1. The smallest absolute Gasteiger partial charge is 0.0861 e. The average Bonchev–Trinajstić information content (AvgIpc) is 2.30. The molecule has 0 fully saturated rings. The molecule has 96 valence electrons. The van der Waals surface area contributed by atoms with Crippen molar-refractivity contribution < 1.29 is 10.2 Å². The Morgan fingerprint density at radius 2 is 2.06 bits per heavy atom. The third kappa shape index (κ3) is 4.48. The molecule has 4 N–H and O–H groups in total. The van der Waals surface area contributed by atoms with Gasteiger partial charge in [-0.1, -0.05) is 29.8 Å². The zero-order chi connectivity index (χ0) is 12.8. The molecule has 0 spiro atoms. The lowest BCUT2D eigenvalue weighted by Gasteiger charge is -2.22. The lowest BCUT2D eigenvalue weighted by Crippen LogP contribution is -2.25. The summed E-state index contributed by atoms with van der Waals surface area (Å²) in [6, 6.07) is 7.48. The summed E-state index contributed by atoms with van der Waals surface area (Å²) in [6.45, 7) is 1.67. The topological polar surface area (TPSA) is 66.5 Å². The van der Waals surface area contributed by atoms with Crippen LogP contribution in [0.1, 0.15) is 17.7 Å². The van der Waals surface area contributed by atoms with Crippen LogP contribution in [0.15, 0.2) is 24.3 Å². The molecule has 0 aliphatic rings. The third-order valence-corrected chi connectivity index (χ3v) is 4.33. The van der Waals surface area contributed by atoms with Gasteiger partial charge < -0.3 is 15.9 Å². The van der Waals surface area contributed by atoms with E-state index in [1.54, 1.807) is 0 Å². The molecular formula is C12H18ClNO2S. The van der Waals surface area contributed by atoms with Crippen LogP contribution >= 0.6 is 23.4 Å². The van der Waals surface area contributed by atoms with Crippen molar-refractivity contribution in [2.75, 3.05) is 12.4 Å². The van der Waals surface area contributed by atoms with E-state index in [2.05, 4.69) is 0 Å². The first-order valence-electron chi connectivity index (χ1n) is 5.46. The van der Waals surface area contributed by atoms with E-state index in [0.717, 1.165) is 5.56 Å². The van der Waals surface area contributed by atoms with Crippen LogP contribution in [0.5, 0.6) is 0 Å². The van der Waals surface area contributed by atoms with Crippen molar-refractivity contribution >= 4 is 23.4 Å². The first-order chi connectivity index (χ1) is 8.06. The van der Waals surface area contributed by atoms with Crippen LogP contribution in [-0.2, 0) is 0 Å². The van der Waals surface area contributed by atoms with Crippen LogP contribution in [0.25, 0.3) is 0 Å². The summed E-state index contributed by atoms with van der Waals surface area (Å²) in [5.74, 6) is 0.438. The molecule has 3 nitrogen and oxygen atoms in total. The minimum absolute atomic E-state index is 0.0184. The maximum atomic E-state index is 9.36. The molecule has 1 aromatic carbocycles. The Hall–Kier alpha value is -0.260. The Kier molecular flexibility index (Phi) is 6.30. The molecule has 0 aliphatic heterocycles. The maximum absolute atomic E-state index is 9.36. The Morgan fingerprint density at radius 3 is 2.59 bits per heavy atom. The molecular weight excluding hydrogens is 258 g/mol. The first kappa shape index (κ1) is 14.8. The number of nitrogens with two attached hydrogens (primary N) is 1. The summed E-state index contributed by atoms with van der Waals surface area (Å²) in [5, 5.41) is 18.9. The fourth-order valence-electron chi connectivity index (χ4n) is 1.50. The summed E-state index contributed by atoms with van der Waals surface area (Å²) in [5.41, 5.74) is 6.91. The van der Waals surface area contributed by atoms with Crippen molar-refractivity contribution in [2.45, 2.75) is 24.3 Å². The zero-order valence-electron chi connectivity index (χ0n) is 9.71. The summed E-state index contributed by atoms with van der Waals surface area (Å²) < 4.78 is 0. The molecule has 3 atom stereocenters. The van der Waals surface area contributed by atoms with E-state index in [-0.39, 0.29) is 17.9 Å². The van der Waals surface area contributed by atoms with Crippen LogP contribution < -0.4 is 5.73 Å². The van der Waals surface area contributed by atoms with Gasteiger partial charge in [0.1, 0.15) is 0 Å². The van der Waals surface area contributed by atoms with Gasteiger partial charge in [-0.3, -0.25) is 0 Å². The molecule has 0 aromatic heterocycles. The minimum Gasteiger partial charge on any atom is -0.394 e. The quantitative estimate of drug-likeness (QED) is 0.741. The van der Waals surface area contributed by atoms with E-state index in [1.807, 2.05) is 31.2 Å². The summed E-state index contributed by atoms with van der Waals surface area (Å²) in [4.78, 5) is 0. The van der Waals surface area contributed by atoms with E-state index in [0.29, 0.717) is 10.8 Å². The number of thioether (sulfide) groups is 1. The normalized spacial score (nSPS) is 16.5. The molecule has 0 bridgehead atoms. The molecule has 3 unspecified atom stereocenters. The number of rotatable bonds is 6. The van der Waals surface area contributed by atoms with Crippen molar-refractivity contribution in [2.24, 2.45) is 5.73 Å². The lowest BCUT2D eigenvalue weighted by atomic mass is 10.1. The highest BCUT2D eigenvalue weighted by molar-refractivity contribution is 7.99. The van der Waals surface area contributed by atoms with E-state index >= 15 is 0 Å². The number of hydrogen-bond acceptors (Lipinski definition) is 4. The SMILES string of the molecule is CC(N)C(SCC(O)CO)c1ccccc1Cl. The second-order valence-electron chi connectivity index (χ2n) is 3.97. The Morgan fingerprint density at radius 1 is 1.41 bits per heavy atom. The van der Waals surface area contributed by atoms with Crippen molar-refractivity contribution in [3.05, 3.63) is 34.9 Å². The van der Waals surface area contributed by atoms with Crippen LogP contribution in [0, 0.1) is 0 Å². The molecule has 0 saturated carbocycles. The second kappa shape index (κ2) is 7.24. The predicted molar refractivity (Wildman–Crippen MR) is 73.4 cm³/mol. The van der Waals surface area contributed by atoms with Gasteiger partial charge in [-0.25, -0.2) is 0 Å².